The van der Waals surface area contributed by atoms with Crippen LogP contribution in [0.4, 0.5) is 0 Å². The molecule has 7 nitrogen and oxygen atoms in total. The molecule has 3 rings (SSSR count). The number of aromatic nitrogens is 2. The van der Waals surface area contributed by atoms with Crippen molar-refractivity contribution in [1.82, 2.24) is 14.9 Å². The van der Waals surface area contributed by atoms with Gasteiger partial charge in [0.25, 0.3) is 5.56 Å². The van der Waals surface area contributed by atoms with Gasteiger partial charge in [0.05, 0.1) is 11.3 Å². The molecular formula is C19H25N3O4S. The molecule has 0 spiro atoms. The summed E-state index contributed by atoms with van der Waals surface area (Å²) in [6, 6.07) is 5.74. The SMILES string of the molecule is CC(C)(C)c1cccc(CN2CCc3nc(S(C)(=O)=O)[nH]c(=O)c3C2)c1O. The molecule has 2 aromatic rings. The number of H-pyrrole nitrogens is 1. The van der Waals surface area contributed by atoms with Gasteiger partial charge in [0, 0.05) is 37.9 Å². The van der Waals surface area contributed by atoms with Gasteiger partial charge in [-0.25, -0.2) is 13.4 Å². The Morgan fingerprint density at radius 2 is 2.00 bits per heavy atom. The van der Waals surface area contributed by atoms with E-state index >= 15 is 0 Å². The lowest BCUT2D eigenvalue weighted by Crippen LogP contribution is -2.36. The summed E-state index contributed by atoms with van der Waals surface area (Å²) in [6.07, 6.45) is 1.51. The van der Waals surface area contributed by atoms with Crippen molar-refractivity contribution in [2.24, 2.45) is 0 Å². The maximum atomic E-state index is 12.3. The molecule has 0 unspecified atom stereocenters. The quantitative estimate of drug-likeness (QED) is 0.773. The van der Waals surface area contributed by atoms with Gasteiger partial charge in [0.1, 0.15) is 5.75 Å². The average molecular weight is 391 g/mol. The van der Waals surface area contributed by atoms with Gasteiger partial charge in [-0.1, -0.05) is 39.0 Å². The molecule has 0 saturated heterocycles. The van der Waals surface area contributed by atoms with Gasteiger partial charge in [-0.15, -0.1) is 0 Å². The summed E-state index contributed by atoms with van der Waals surface area (Å²) >= 11 is 0. The molecule has 0 saturated carbocycles. The minimum Gasteiger partial charge on any atom is -0.507 e. The van der Waals surface area contributed by atoms with Crippen molar-refractivity contribution in [1.29, 1.82) is 0 Å². The Morgan fingerprint density at radius 3 is 2.63 bits per heavy atom. The lowest BCUT2D eigenvalue weighted by atomic mass is 9.85. The predicted octanol–water partition coefficient (Wildman–Crippen LogP) is 1.73. The summed E-state index contributed by atoms with van der Waals surface area (Å²) in [4.78, 5) is 20.9. The Balaban J connectivity index is 1.87. The molecule has 27 heavy (non-hydrogen) atoms. The van der Waals surface area contributed by atoms with E-state index in [1.54, 1.807) is 0 Å². The zero-order chi connectivity index (χ0) is 20.0. The molecular weight excluding hydrogens is 366 g/mol. The Labute approximate surface area is 159 Å². The summed E-state index contributed by atoms with van der Waals surface area (Å²) in [5, 5.41) is 10.4. The van der Waals surface area contributed by atoms with Crippen LogP contribution in [0.1, 0.15) is 43.2 Å². The van der Waals surface area contributed by atoms with Crippen LogP contribution in [0.5, 0.6) is 5.75 Å². The molecule has 0 amide bonds. The van der Waals surface area contributed by atoms with Gasteiger partial charge in [-0.05, 0) is 11.0 Å². The highest BCUT2D eigenvalue weighted by molar-refractivity contribution is 7.90. The first-order valence-corrected chi connectivity index (χ1v) is 10.7. The van der Waals surface area contributed by atoms with Gasteiger partial charge >= 0.3 is 0 Å². The van der Waals surface area contributed by atoms with E-state index in [2.05, 4.69) is 14.9 Å². The maximum Gasteiger partial charge on any atom is 0.256 e. The minimum atomic E-state index is -3.56. The first-order valence-electron chi connectivity index (χ1n) is 8.82. The molecule has 146 valence electrons. The monoisotopic (exact) mass is 391 g/mol. The molecule has 0 aliphatic carbocycles. The van der Waals surface area contributed by atoms with Crippen LogP contribution in [0.3, 0.4) is 0 Å². The van der Waals surface area contributed by atoms with Gasteiger partial charge in [-0.3, -0.25) is 14.7 Å². The van der Waals surface area contributed by atoms with Crippen molar-refractivity contribution in [2.75, 3.05) is 12.8 Å². The number of hydrogen-bond donors (Lipinski definition) is 2. The van der Waals surface area contributed by atoms with E-state index in [1.807, 2.05) is 39.0 Å². The molecule has 0 bridgehead atoms. The normalized spacial score (nSPS) is 15.6. The Kier molecular flexibility index (Phi) is 4.90. The third-order valence-electron chi connectivity index (χ3n) is 4.80. The van der Waals surface area contributed by atoms with Crippen LogP contribution in [0.15, 0.2) is 28.2 Å². The summed E-state index contributed by atoms with van der Waals surface area (Å²) in [7, 11) is -3.56. The van der Waals surface area contributed by atoms with Crippen LogP contribution < -0.4 is 5.56 Å². The van der Waals surface area contributed by atoms with Crippen LogP contribution in [0.25, 0.3) is 0 Å². The predicted molar refractivity (Wildman–Crippen MR) is 103 cm³/mol. The zero-order valence-corrected chi connectivity index (χ0v) is 16.9. The molecule has 0 radical (unpaired) electrons. The topological polar surface area (TPSA) is 103 Å². The van der Waals surface area contributed by atoms with Crippen LogP contribution in [0.2, 0.25) is 0 Å². The van der Waals surface area contributed by atoms with E-state index in [0.29, 0.717) is 37.3 Å². The molecule has 1 aromatic carbocycles. The third kappa shape index (κ3) is 4.06. The van der Waals surface area contributed by atoms with Gasteiger partial charge in [-0.2, -0.15) is 0 Å². The summed E-state index contributed by atoms with van der Waals surface area (Å²) in [6.45, 7) is 7.64. The molecule has 1 aliphatic heterocycles. The molecule has 1 aromatic heterocycles. The first kappa shape index (κ1) is 19.6. The number of benzene rings is 1. The second-order valence-corrected chi connectivity index (χ2v) is 10.0. The molecule has 2 N–H and O–H groups in total. The fraction of sp³-hybridized carbons (Fsp3) is 0.474. The number of nitrogens with zero attached hydrogens (tertiary/aromatic N) is 2. The zero-order valence-electron chi connectivity index (χ0n) is 16.0. The van der Waals surface area contributed by atoms with E-state index in [4.69, 9.17) is 0 Å². The highest BCUT2D eigenvalue weighted by Gasteiger charge is 2.25. The van der Waals surface area contributed by atoms with Crippen molar-refractivity contribution < 1.29 is 13.5 Å². The summed E-state index contributed by atoms with van der Waals surface area (Å²) < 4.78 is 23.3. The smallest absolute Gasteiger partial charge is 0.256 e. The van der Waals surface area contributed by atoms with Crippen molar-refractivity contribution in [3.05, 3.63) is 50.9 Å². The van der Waals surface area contributed by atoms with E-state index < -0.39 is 15.4 Å². The Bertz CT molecular complexity index is 1040. The fourth-order valence-electron chi connectivity index (χ4n) is 3.33. The van der Waals surface area contributed by atoms with E-state index in [9.17, 15) is 18.3 Å². The number of nitrogens with one attached hydrogen (secondary N) is 1. The average Bonchev–Trinajstić information content (AvgIpc) is 2.55. The van der Waals surface area contributed by atoms with E-state index in [1.165, 1.54) is 0 Å². The summed E-state index contributed by atoms with van der Waals surface area (Å²) in [5.41, 5.74) is 2.12. The highest BCUT2D eigenvalue weighted by Crippen LogP contribution is 2.34. The Morgan fingerprint density at radius 1 is 1.30 bits per heavy atom. The fourth-order valence-corrected chi connectivity index (χ4v) is 3.89. The number of hydrogen-bond acceptors (Lipinski definition) is 6. The van der Waals surface area contributed by atoms with Gasteiger partial charge < -0.3 is 5.11 Å². The van der Waals surface area contributed by atoms with Crippen LogP contribution in [-0.4, -0.2) is 41.2 Å². The first-order chi connectivity index (χ1) is 12.5. The Hall–Kier alpha value is -2.19. The number of sulfone groups is 1. The minimum absolute atomic E-state index is 0.169. The molecule has 8 heteroatoms. The van der Waals surface area contributed by atoms with Crippen LogP contribution >= 0.6 is 0 Å². The lowest BCUT2D eigenvalue weighted by Gasteiger charge is -2.29. The van der Waals surface area contributed by atoms with Crippen molar-refractivity contribution in [2.45, 2.75) is 50.9 Å². The summed E-state index contributed by atoms with van der Waals surface area (Å²) in [5.74, 6) is 0.287. The van der Waals surface area contributed by atoms with Crippen LogP contribution in [0, 0.1) is 0 Å². The second-order valence-electron chi connectivity index (χ2n) is 8.09. The number of rotatable bonds is 3. The highest BCUT2D eigenvalue weighted by atomic mass is 32.2. The number of phenolic OH excluding ortho intramolecular Hbond substituents is 1. The lowest BCUT2D eigenvalue weighted by molar-refractivity contribution is 0.237. The number of phenols is 1. The maximum absolute atomic E-state index is 12.3. The van der Waals surface area contributed by atoms with Crippen molar-refractivity contribution >= 4 is 9.84 Å². The molecule has 1 aliphatic rings. The third-order valence-corrected chi connectivity index (χ3v) is 5.69. The largest absolute Gasteiger partial charge is 0.507 e. The van der Waals surface area contributed by atoms with Gasteiger partial charge in [0.2, 0.25) is 15.0 Å². The number of aromatic amines is 1. The second kappa shape index (κ2) is 6.76. The number of para-hydroxylation sites is 1. The van der Waals surface area contributed by atoms with E-state index in [-0.39, 0.29) is 16.3 Å². The number of fused-ring (bicyclic) bond motifs is 1. The van der Waals surface area contributed by atoms with Crippen LogP contribution in [-0.2, 0) is 34.8 Å². The van der Waals surface area contributed by atoms with Gasteiger partial charge in [0.15, 0.2) is 0 Å². The van der Waals surface area contributed by atoms with E-state index in [0.717, 1.165) is 17.4 Å². The number of aromatic hydroxyl groups is 1. The molecule has 2 heterocycles. The molecule has 0 fully saturated rings. The van der Waals surface area contributed by atoms with Crippen molar-refractivity contribution in [3.63, 3.8) is 0 Å². The standard InChI is InChI=1S/C19H25N3O4S/c1-19(2,3)14-7-5-6-12(16(14)23)10-22-9-8-15-13(11-22)17(24)21-18(20-15)27(4,25)26/h5-7,23H,8-11H2,1-4H3,(H,20,21,24). The van der Waals surface area contributed by atoms with Crippen molar-refractivity contribution in [3.8, 4) is 5.75 Å². The molecule has 0 atom stereocenters.